The minimum absolute atomic E-state index is 0. The second-order valence-electron chi connectivity index (χ2n) is 0.580. The summed E-state index contributed by atoms with van der Waals surface area (Å²) in [5.41, 5.74) is 4.51. The van der Waals surface area contributed by atoms with Crippen LogP contribution in [0.1, 0.15) is 0 Å². The van der Waals surface area contributed by atoms with E-state index in [1.165, 1.54) is 0 Å². The van der Waals surface area contributed by atoms with Crippen molar-refractivity contribution < 1.29 is 25.5 Å². The Morgan fingerprint density at radius 3 is 2.00 bits per heavy atom. The molecule has 0 spiro atoms. The van der Waals surface area contributed by atoms with E-state index in [2.05, 4.69) is 0 Å². The standard InChI is InChI=1S/C2H5ClNO.Pd/c3-2(5)1-4;/h5H,1,4H2;/q-1;. The zero-order valence-corrected chi connectivity index (χ0v) is 5.24. The van der Waals surface area contributed by atoms with Gasteiger partial charge in [0.05, 0.1) is 0 Å². The van der Waals surface area contributed by atoms with E-state index in [0.29, 0.717) is 0 Å². The van der Waals surface area contributed by atoms with Crippen molar-refractivity contribution in [2.75, 3.05) is 6.54 Å². The minimum atomic E-state index is -0.245. The predicted molar refractivity (Wildman–Crippen MR) is 20.1 cm³/mol. The third-order valence-electron chi connectivity index (χ3n) is 0.168. The fraction of sp³-hybridized carbons (Fsp3) is 0.500. The van der Waals surface area contributed by atoms with Crippen molar-refractivity contribution in [1.29, 1.82) is 0 Å². The van der Waals surface area contributed by atoms with Gasteiger partial charge in [0.1, 0.15) is 0 Å². The Bertz CT molecular complexity index is 27.5. The molecular formula is C2H5ClNOPd-. The van der Waals surface area contributed by atoms with Gasteiger partial charge in [0, 0.05) is 20.4 Å². The van der Waals surface area contributed by atoms with E-state index in [1.807, 2.05) is 0 Å². The third-order valence-corrected chi connectivity index (χ3v) is 0.323. The number of rotatable bonds is 1. The van der Waals surface area contributed by atoms with Gasteiger partial charge in [-0.25, -0.2) is 0 Å². The van der Waals surface area contributed by atoms with Gasteiger partial charge in [0.15, 0.2) is 0 Å². The van der Waals surface area contributed by atoms with Crippen LogP contribution in [-0.2, 0) is 20.4 Å². The van der Waals surface area contributed by atoms with Crippen molar-refractivity contribution in [3.8, 4) is 0 Å². The molecule has 0 bridgehead atoms. The maximum Gasteiger partial charge on any atom is 0 e. The molecule has 0 aliphatic heterocycles. The van der Waals surface area contributed by atoms with Crippen molar-refractivity contribution in [1.82, 2.24) is 0 Å². The first-order chi connectivity index (χ1) is 2.27. The molecule has 0 saturated heterocycles. The molecule has 3 N–H and O–H groups in total. The SMILES string of the molecule is NC[C-](O)Cl.[Pd]. The summed E-state index contributed by atoms with van der Waals surface area (Å²) in [6.07, 6.45) is 0. The quantitative estimate of drug-likeness (QED) is 0.464. The molecular weight excluding hydrogens is 196 g/mol. The van der Waals surface area contributed by atoms with Crippen LogP contribution in [0.3, 0.4) is 0 Å². The molecule has 6 heavy (non-hydrogen) atoms. The topological polar surface area (TPSA) is 46.2 Å². The molecule has 0 radical (unpaired) electrons. The van der Waals surface area contributed by atoms with Crippen LogP contribution in [0.5, 0.6) is 0 Å². The van der Waals surface area contributed by atoms with E-state index in [9.17, 15) is 0 Å². The van der Waals surface area contributed by atoms with E-state index in [4.69, 9.17) is 22.4 Å². The van der Waals surface area contributed by atoms with E-state index in [-0.39, 0.29) is 32.5 Å². The van der Waals surface area contributed by atoms with Crippen molar-refractivity contribution >= 4 is 11.6 Å². The van der Waals surface area contributed by atoms with Gasteiger partial charge < -0.3 is 22.4 Å². The summed E-state index contributed by atoms with van der Waals surface area (Å²) < 4.78 is 0. The van der Waals surface area contributed by atoms with Crippen LogP contribution in [0.2, 0.25) is 0 Å². The third kappa shape index (κ3) is 8.86. The number of aliphatic hydroxyl groups is 1. The molecule has 0 unspecified atom stereocenters. The second kappa shape index (κ2) is 5.87. The van der Waals surface area contributed by atoms with Gasteiger partial charge in [-0.05, 0) is 0 Å². The minimum Gasteiger partial charge on any atom is -0.546 e. The number of hydrogen-bond donors (Lipinski definition) is 2. The van der Waals surface area contributed by atoms with Crippen molar-refractivity contribution in [2.45, 2.75) is 0 Å². The van der Waals surface area contributed by atoms with E-state index >= 15 is 0 Å². The second-order valence-corrected chi connectivity index (χ2v) is 1.02. The number of hydrogen-bond acceptors (Lipinski definition) is 2. The Balaban J connectivity index is 0. The van der Waals surface area contributed by atoms with Crippen molar-refractivity contribution in [3.05, 3.63) is 5.56 Å². The average Bonchev–Trinajstić information content (AvgIpc) is 1.38. The summed E-state index contributed by atoms with van der Waals surface area (Å²) in [6.45, 7) is 0.0432. The van der Waals surface area contributed by atoms with Gasteiger partial charge in [-0.3, -0.25) is 0 Å². The molecule has 2 nitrogen and oxygen atoms in total. The number of nitrogens with two attached hydrogens (primary N) is 1. The Kier molecular flexibility index (Phi) is 9.77. The number of aliphatic hydroxyl groups excluding tert-OH is 1. The molecule has 0 aromatic carbocycles. The maximum absolute atomic E-state index is 7.92. The predicted octanol–water partition coefficient (Wildman–Crippen LogP) is 0.0434. The molecule has 0 aromatic heterocycles. The normalized spacial score (nSPS) is 8.00. The average molecular weight is 201 g/mol. The van der Waals surface area contributed by atoms with Crippen LogP contribution in [0.4, 0.5) is 0 Å². The molecule has 4 heteroatoms. The van der Waals surface area contributed by atoms with Gasteiger partial charge in [0.2, 0.25) is 0 Å². The van der Waals surface area contributed by atoms with Crippen molar-refractivity contribution in [2.24, 2.45) is 5.73 Å². The first-order valence-corrected chi connectivity index (χ1v) is 1.55. The smallest absolute Gasteiger partial charge is 0 e. The fourth-order valence-electron chi connectivity index (χ4n) is 0. The fourth-order valence-corrected chi connectivity index (χ4v) is 0. The van der Waals surface area contributed by atoms with Gasteiger partial charge >= 0.3 is 0 Å². The van der Waals surface area contributed by atoms with Crippen LogP contribution in [0.15, 0.2) is 0 Å². The largest absolute Gasteiger partial charge is 0.546 e. The van der Waals surface area contributed by atoms with E-state index in [1.54, 1.807) is 0 Å². The first-order valence-electron chi connectivity index (χ1n) is 1.17. The van der Waals surface area contributed by atoms with E-state index in [0.717, 1.165) is 0 Å². The molecule has 0 atom stereocenters. The van der Waals surface area contributed by atoms with Gasteiger partial charge in [-0.15, -0.1) is 5.56 Å². The first kappa shape index (κ1) is 9.98. The van der Waals surface area contributed by atoms with Crippen LogP contribution >= 0.6 is 11.6 Å². The number of halogens is 1. The van der Waals surface area contributed by atoms with Gasteiger partial charge in [-0.1, -0.05) is 6.54 Å². The Labute approximate surface area is 55.3 Å². The van der Waals surface area contributed by atoms with Crippen LogP contribution in [0.25, 0.3) is 0 Å². The summed E-state index contributed by atoms with van der Waals surface area (Å²) in [6, 6.07) is 0. The monoisotopic (exact) mass is 200 g/mol. The Morgan fingerprint density at radius 2 is 2.00 bits per heavy atom. The zero-order chi connectivity index (χ0) is 4.28. The summed E-state index contributed by atoms with van der Waals surface area (Å²) in [4.78, 5) is 0. The molecule has 0 aliphatic rings. The summed E-state index contributed by atoms with van der Waals surface area (Å²) in [5.74, 6) is 0. The molecule has 0 saturated carbocycles. The summed E-state index contributed by atoms with van der Waals surface area (Å²) >= 11 is 4.81. The summed E-state index contributed by atoms with van der Waals surface area (Å²) in [7, 11) is 0. The van der Waals surface area contributed by atoms with Crippen LogP contribution in [-0.4, -0.2) is 11.7 Å². The van der Waals surface area contributed by atoms with Crippen molar-refractivity contribution in [3.63, 3.8) is 0 Å². The molecule has 0 fully saturated rings. The summed E-state index contributed by atoms with van der Waals surface area (Å²) in [5, 5.41) is 7.92. The molecule has 0 rings (SSSR count). The molecule has 0 aromatic rings. The molecule has 0 amide bonds. The molecule has 0 heterocycles. The van der Waals surface area contributed by atoms with Gasteiger partial charge in [0.25, 0.3) is 0 Å². The van der Waals surface area contributed by atoms with E-state index < -0.39 is 0 Å². The molecule has 42 valence electrons. The van der Waals surface area contributed by atoms with Crippen LogP contribution in [0, 0.1) is 5.56 Å². The Morgan fingerprint density at radius 1 is 1.83 bits per heavy atom. The Hall–Kier alpha value is 0.872. The maximum atomic E-state index is 7.92. The molecule has 0 aliphatic carbocycles. The zero-order valence-electron chi connectivity index (χ0n) is 2.93. The van der Waals surface area contributed by atoms with Crippen LogP contribution < -0.4 is 5.73 Å². The van der Waals surface area contributed by atoms with Gasteiger partial charge in [-0.2, -0.15) is 0 Å².